The Morgan fingerprint density at radius 2 is 2.31 bits per heavy atom. The molecule has 0 unspecified atom stereocenters. The van der Waals surface area contributed by atoms with E-state index in [9.17, 15) is 0 Å². The molecule has 1 fully saturated rings. The maximum atomic E-state index is 5.64. The fraction of sp³-hybridized carbons (Fsp3) is 0.500. The molecule has 1 saturated heterocycles. The Morgan fingerprint density at radius 1 is 1.50 bits per heavy atom. The second kappa shape index (κ2) is 6.48. The van der Waals surface area contributed by atoms with Crippen molar-refractivity contribution in [3.63, 3.8) is 0 Å². The summed E-state index contributed by atoms with van der Waals surface area (Å²) in [6.07, 6.45) is 2.46. The summed E-state index contributed by atoms with van der Waals surface area (Å²) < 4.78 is 6.76. The highest BCUT2D eigenvalue weighted by Gasteiger charge is 2.19. The molecule has 0 radical (unpaired) electrons. The molecule has 1 N–H and O–H groups in total. The van der Waals surface area contributed by atoms with Crippen LogP contribution in [0.1, 0.15) is 31.4 Å². The minimum absolute atomic E-state index is 0. The molecule has 1 aliphatic heterocycles. The molecule has 90 valence electrons. The molecule has 1 aromatic carbocycles. The maximum Gasteiger partial charge on any atom is 0.124 e. The third-order valence-corrected chi connectivity index (χ3v) is 3.20. The minimum atomic E-state index is 0. The van der Waals surface area contributed by atoms with Gasteiger partial charge in [0.1, 0.15) is 5.75 Å². The molecule has 16 heavy (non-hydrogen) atoms. The molecule has 0 saturated carbocycles. The highest BCUT2D eigenvalue weighted by atomic mass is 79.9. The van der Waals surface area contributed by atoms with E-state index in [0.29, 0.717) is 6.04 Å². The maximum absolute atomic E-state index is 5.64. The van der Waals surface area contributed by atoms with Gasteiger partial charge >= 0.3 is 0 Å². The van der Waals surface area contributed by atoms with Gasteiger partial charge in [0.15, 0.2) is 0 Å². The van der Waals surface area contributed by atoms with Gasteiger partial charge in [-0.15, -0.1) is 12.4 Å². The lowest BCUT2D eigenvalue weighted by Gasteiger charge is -2.16. The first-order chi connectivity index (χ1) is 7.31. The number of hydrogen-bond donors (Lipinski definition) is 1. The van der Waals surface area contributed by atoms with Gasteiger partial charge in [-0.05, 0) is 44.5 Å². The summed E-state index contributed by atoms with van der Waals surface area (Å²) in [5.74, 6) is 1.01. The zero-order valence-corrected chi connectivity index (χ0v) is 11.7. The molecule has 1 aromatic rings. The van der Waals surface area contributed by atoms with Crippen LogP contribution in [0.5, 0.6) is 5.75 Å². The van der Waals surface area contributed by atoms with Crippen LogP contribution in [-0.2, 0) is 0 Å². The van der Waals surface area contributed by atoms with Crippen molar-refractivity contribution in [2.75, 3.05) is 13.2 Å². The van der Waals surface area contributed by atoms with Crippen molar-refractivity contribution in [3.05, 3.63) is 28.2 Å². The molecule has 0 spiro atoms. The van der Waals surface area contributed by atoms with Crippen LogP contribution >= 0.6 is 28.3 Å². The standard InChI is InChI=1S/C12H16BrNO.ClH/c1-2-15-12-6-5-9(13)8-10(12)11-4-3-7-14-11;/h5-6,8,11,14H,2-4,7H2,1H3;1H/t11-;/m0./s1. The second-order valence-corrected chi connectivity index (χ2v) is 4.68. The predicted octanol–water partition coefficient (Wildman–Crippen LogP) is 3.69. The van der Waals surface area contributed by atoms with Crippen molar-refractivity contribution in [1.82, 2.24) is 5.32 Å². The minimum Gasteiger partial charge on any atom is -0.494 e. The summed E-state index contributed by atoms with van der Waals surface area (Å²) in [6.45, 7) is 3.86. The number of halogens is 2. The van der Waals surface area contributed by atoms with Gasteiger partial charge in [-0.1, -0.05) is 15.9 Å². The van der Waals surface area contributed by atoms with Crippen LogP contribution < -0.4 is 10.1 Å². The second-order valence-electron chi connectivity index (χ2n) is 3.76. The highest BCUT2D eigenvalue weighted by Crippen LogP contribution is 2.33. The fourth-order valence-electron chi connectivity index (χ4n) is 2.03. The van der Waals surface area contributed by atoms with E-state index in [1.54, 1.807) is 0 Å². The van der Waals surface area contributed by atoms with Gasteiger partial charge in [0.05, 0.1) is 6.61 Å². The largest absolute Gasteiger partial charge is 0.494 e. The smallest absolute Gasteiger partial charge is 0.124 e. The number of benzene rings is 1. The zero-order chi connectivity index (χ0) is 10.7. The quantitative estimate of drug-likeness (QED) is 0.919. The topological polar surface area (TPSA) is 21.3 Å². The summed E-state index contributed by atoms with van der Waals surface area (Å²) >= 11 is 3.51. The van der Waals surface area contributed by atoms with Gasteiger partial charge in [-0.25, -0.2) is 0 Å². The van der Waals surface area contributed by atoms with E-state index in [-0.39, 0.29) is 12.4 Å². The lowest BCUT2D eigenvalue weighted by molar-refractivity contribution is 0.333. The van der Waals surface area contributed by atoms with Crippen molar-refractivity contribution in [3.8, 4) is 5.75 Å². The Hall–Kier alpha value is -0.250. The van der Waals surface area contributed by atoms with Crippen LogP contribution in [0.25, 0.3) is 0 Å². The molecule has 0 aromatic heterocycles. The third kappa shape index (κ3) is 3.12. The molecular formula is C12H17BrClNO. The SMILES string of the molecule is CCOc1ccc(Br)cc1[C@@H]1CCCN1.Cl. The summed E-state index contributed by atoms with van der Waals surface area (Å²) in [5, 5.41) is 3.50. The van der Waals surface area contributed by atoms with Gasteiger partial charge in [-0.2, -0.15) is 0 Å². The van der Waals surface area contributed by atoms with E-state index in [1.165, 1.54) is 18.4 Å². The summed E-state index contributed by atoms with van der Waals surface area (Å²) in [4.78, 5) is 0. The van der Waals surface area contributed by atoms with Crippen molar-refractivity contribution in [2.45, 2.75) is 25.8 Å². The summed E-state index contributed by atoms with van der Waals surface area (Å²) in [5.41, 5.74) is 1.28. The monoisotopic (exact) mass is 305 g/mol. The third-order valence-electron chi connectivity index (χ3n) is 2.71. The average Bonchev–Trinajstić information content (AvgIpc) is 2.74. The summed E-state index contributed by atoms with van der Waals surface area (Å²) in [7, 11) is 0. The van der Waals surface area contributed by atoms with Gasteiger partial charge in [0.2, 0.25) is 0 Å². The normalized spacial score (nSPS) is 19.2. The molecular weight excluding hydrogens is 289 g/mol. The Balaban J connectivity index is 0.00000128. The van der Waals surface area contributed by atoms with Gasteiger partial charge < -0.3 is 10.1 Å². The summed E-state index contributed by atoms with van der Waals surface area (Å²) in [6, 6.07) is 6.70. The first kappa shape index (κ1) is 13.8. The fourth-order valence-corrected chi connectivity index (χ4v) is 2.41. The Bertz CT molecular complexity index is 340. The van der Waals surface area contributed by atoms with Crippen LogP contribution in [0.3, 0.4) is 0 Å². The van der Waals surface area contributed by atoms with Crippen LogP contribution in [-0.4, -0.2) is 13.2 Å². The molecule has 4 heteroatoms. The van der Waals surface area contributed by atoms with E-state index < -0.39 is 0 Å². The van der Waals surface area contributed by atoms with E-state index in [2.05, 4.69) is 27.3 Å². The van der Waals surface area contributed by atoms with Gasteiger partial charge in [-0.3, -0.25) is 0 Å². The predicted molar refractivity (Wildman–Crippen MR) is 72.5 cm³/mol. The lowest BCUT2D eigenvalue weighted by Crippen LogP contribution is -2.14. The Labute approximate surface area is 111 Å². The van der Waals surface area contributed by atoms with Crippen LogP contribution in [0, 0.1) is 0 Å². The zero-order valence-electron chi connectivity index (χ0n) is 9.33. The lowest BCUT2D eigenvalue weighted by atomic mass is 10.0. The van der Waals surface area contributed by atoms with E-state index in [0.717, 1.165) is 23.4 Å². The number of rotatable bonds is 3. The molecule has 2 rings (SSSR count). The number of ether oxygens (including phenoxy) is 1. The molecule has 1 heterocycles. The van der Waals surface area contributed by atoms with Crippen molar-refractivity contribution < 1.29 is 4.74 Å². The molecule has 0 bridgehead atoms. The molecule has 1 aliphatic rings. The van der Waals surface area contributed by atoms with Crippen LogP contribution in [0.15, 0.2) is 22.7 Å². The molecule has 1 atom stereocenters. The molecule has 0 amide bonds. The van der Waals surface area contributed by atoms with E-state index >= 15 is 0 Å². The van der Waals surface area contributed by atoms with E-state index in [1.807, 2.05) is 19.1 Å². The highest BCUT2D eigenvalue weighted by molar-refractivity contribution is 9.10. The molecule has 0 aliphatic carbocycles. The number of hydrogen-bond acceptors (Lipinski definition) is 2. The number of nitrogens with one attached hydrogen (secondary N) is 1. The van der Waals surface area contributed by atoms with Crippen LogP contribution in [0.2, 0.25) is 0 Å². The van der Waals surface area contributed by atoms with Crippen molar-refractivity contribution >= 4 is 28.3 Å². The van der Waals surface area contributed by atoms with Crippen LogP contribution in [0.4, 0.5) is 0 Å². The first-order valence-corrected chi connectivity index (χ1v) is 6.26. The molecule has 2 nitrogen and oxygen atoms in total. The van der Waals surface area contributed by atoms with Gasteiger partial charge in [0, 0.05) is 16.1 Å². The average molecular weight is 307 g/mol. The van der Waals surface area contributed by atoms with Gasteiger partial charge in [0.25, 0.3) is 0 Å². The van der Waals surface area contributed by atoms with Crippen molar-refractivity contribution in [1.29, 1.82) is 0 Å². The first-order valence-electron chi connectivity index (χ1n) is 5.47. The Morgan fingerprint density at radius 3 is 2.94 bits per heavy atom. The van der Waals surface area contributed by atoms with E-state index in [4.69, 9.17) is 4.74 Å². The Kier molecular flexibility index (Phi) is 5.59. The van der Waals surface area contributed by atoms with Crippen molar-refractivity contribution in [2.24, 2.45) is 0 Å².